The van der Waals surface area contributed by atoms with Crippen LogP contribution in [0.4, 0.5) is 0 Å². The van der Waals surface area contributed by atoms with Gasteiger partial charge in [0.1, 0.15) is 0 Å². The summed E-state index contributed by atoms with van der Waals surface area (Å²) in [6.45, 7) is 3.81. The number of piperidine rings is 1. The first-order valence-corrected chi connectivity index (χ1v) is 8.20. The van der Waals surface area contributed by atoms with E-state index >= 15 is 0 Å². The summed E-state index contributed by atoms with van der Waals surface area (Å²) < 4.78 is 11.5. The number of ether oxygens (including phenoxy) is 2. The quantitative estimate of drug-likeness (QED) is 0.776. The molecule has 2 heterocycles. The van der Waals surface area contributed by atoms with Crippen molar-refractivity contribution in [1.82, 2.24) is 10.2 Å². The minimum Gasteiger partial charge on any atom is -0.369 e. The molecule has 120 valence electrons. The van der Waals surface area contributed by atoms with Crippen molar-refractivity contribution < 1.29 is 14.3 Å². The molecule has 0 aromatic rings. The zero-order valence-electron chi connectivity index (χ0n) is 12.7. The average Bonchev–Trinajstić information content (AvgIpc) is 2.92. The molecule has 3 fully saturated rings. The van der Waals surface area contributed by atoms with Gasteiger partial charge in [0.2, 0.25) is 5.91 Å². The lowest BCUT2D eigenvalue weighted by Crippen LogP contribution is -2.50. The second-order valence-corrected chi connectivity index (χ2v) is 6.57. The van der Waals surface area contributed by atoms with E-state index in [1.54, 1.807) is 0 Å². The van der Waals surface area contributed by atoms with Crippen LogP contribution in [0, 0.1) is 0 Å². The Balaban J connectivity index is 1.37. The van der Waals surface area contributed by atoms with Crippen molar-refractivity contribution in [2.45, 2.75) is 56.4 Å². The van der Waals surface area contributed by atoms with Crippen LogP contribution in [-0.2, 0) is 14.3 Å². The van der Waals surface area contributed by atoms with Crippen LogP contribution in [-0.4, -0.2) is 61.5 Å². The Morgan fingerprint density at radius 1 is 1.10 bits per heavy atom. The zero-order valence-corrected chi connectivity index (χ0v) is 12.7. The SMILES string of the molecule is NC(=O)CN1CCC(NC2CCC3(CC2)OCCO3)CC1. The Morgan fingerprint density at radius 2 is 1.67 bits per heavy atom. The number of likely N-dealkylation sites (tertiary alicyclic amines) is 1. The number of rotatable bonds is 4. The molecule has 0 radical (unpaired) electrons. The van der Waals surface area contributed by atoms with Crippen molar-refractivity contribution >= 4 is 5.91 Å². The van der Waals surface area contributed by atoms with E-state index in [1.807, 2.05) is 0 Å². The van der Waals surface area contributed by atoms with Gasteiger partial charge in [0.25, 0.3) is 0 Å². The summed E-state index contributed by atoms with van der Waals surface area (Å²) >= 11 is 0. The molecule has 6 heteroatoms. The predicted octanol–water partition coefficient (Wildman–Crippen LogP) is 0.211. The van der Waals surface area contributed by atoms with Crippen LogP contribution in [0.25, 0.3) is 0 Å². The number of nitrogens with one attached hydrogen (secondary N) is 1. The molecule has 0 unspecified atom stereocenters. The molecule has 0 aromatic carbocycles. The topological polar surface area (TPSA) is 76.8 Å². The van der Waals surface area contributed by atoms with Crippen molar-refractivity contribution in [2.24, 2.45) is 5.73 Å². The Morgan fingerprint density at radius 3 is 2.24 bits per heavy atom. The molecule has 1 amide bonds. The first kappa shape index (κ1) is 15.2. The Labute approximate surface area is 126 Å². The van der Waals surface area contributed by atoms with E-state index in [0.29, 0.717) is 18.6 Å². The molecule has 3 rings (SSSR count). The highest BCUT2D eigenvalue weighted by Crippen LogP contribution is 2.36. The zero-order chi connectivity index (χ0) is 14.7. The van der Waals surface area contributed by atoms with Gasteiger partial charge >= 0.3 is 0 Å². The van der Waals surface area contributed by atoms with Gasteiger partial charge in [0.15, 0.2) is 5.79 Å². The molecule has 2 aliphatic heterocycles. The summed E-state index contributed by atoms with van der Waals surface area (Å²) in [5.74, 6) is -0.487. The van der Waals surface area contributed by atoms with E-state index in [-0.39, 0.29) is 11.7 Å². The highest BCUT2D eigenvalue weighted by atomic mass is 16.7. The third-order valence-electron chi connectivity index (χ3n) is 5.00. The van der Waals surface area contributed by atoms with Crippen LogP contribution in [0.1, 0.15) is 38.5 Å². The molecule has 0 bridgehead atoms. The van der Waals surface area contributed by atoms with Crippen LogP contribution >= 0.6 is 0 Å². The fourth-order valence-electron chi connectivity index (χ4n) is 3.82. The summed E-state index contributed by atoms with van der Waals surface area (Å²) in [7, 11) is 0. The van der Waals surface area contributed by atoms with Crippen molar-refractivity contribution in [1.29, 1.82) is 0 Å². The molecule has 2 saturated heterocycles. The smallest absolute Gasteiger partial charge is 0.231 e. The number of primary amides is 1. The molecule has 0 aromatic heterocycles. The Bertz CT molecular complexity index is 353. The molecular weight excluding hydrogens is 270 g/mol. The predicted molar refractivity (Wildman–Crippen MR) is 78.7 cm³/mol. The lowest BCUT2D eigenvalue weighted by atomic mass is 9.89. The molecule has 6 nitrogen and oxygen atoms in total. The number of carbonyl (C=O) groups excluding carboxylic acids is 1. The molecule has 21 heavy (non-hydrogen) atoms. The standard InChI is InChI=1S/C15H27N3O3/c16-14(19)11-18-7-3-13(4-8-18)17-12-1-5-15(6-2-12)20-9-10-21-15/h12-13,17H,1-11H2,(H2,16,19). The third-order valence-corrected chi connectivity index (χ3v) is 5.00. The highest BCUT2D eigenvalue weighted by Gasteiger charge is 2.40. The fourth-order valence-corrected chi connectivity index (χ4v) is 3.82. The maximum atomic E-state index is 10.9. The Hall–Kier alpha value is -0.690. The van der Waals surface area contributed by atoms with Crippen molar-refractivity contribution in [3.8, 4) is 0 Å². The molecule has 3 N–H and O–H groups in total. The normalized spacial score (nSPS) is 28.2. The van der Waals surface area contributed by atoms with E-state index in [0.717, 1.165) is 64.8 Å². The fraction of sp³-hybridized carbons (Fsp3) is 0.933. The van der Waals surface area contributed by atoms with Crippen LogP contribution in [0.5, 0.6) is 0 Å². The highest BCUT2D eigenvalue weighted by molar-refractivity contribution is 5.75. The lowest BCUT2D eigenvalue weighted by Gasteiger charge is -2.39. The van der Waals surface area contributed by atoms with Gasteiger partial charge in [-0.1, -0.05) is 0 Å². The number of nitrogens with two attached hydrogens (primary N) is 1. The van der Waals surface area contributed by atoms with Crippen LogP contribution < -0.4 is 11.1 Å². The first-order valence-electron chi connectivity index (χ1n) is 8.20. The summed E-state index contributed by atoms with van der Waals surface area (Å²) in [5, 5.41) is 3.78. The third kappa shape index (κ3) is 3.94. The maximum Gasteiger partial charge on any atom is 0.231 e. The van der Waals surface area contributed by atoms with Crippen LogP contribution in [0.3, 0.4) is 0 Å². The van der Waals surface area contributed by atoms with Crippen LogP contribution in [0.15, 0.2) is 0 Å². The van der Waals surface area contributed by atoms with E-state index in [1.165, 1.54) is 0 Å². The number of hydrogen-bond acceptors (Lipinski definition) is 5. The van der Waals surface area contributed by atoms with E-state index < -0.39 is 0 Å². The molecule has 0 atom stereocenters. The summed E-state index contributed by atoms with van der Waals surface area (Å²) in [4.78, 5) is 13.1. The summed E-state index contributed by atoms with van der Waals surface area (Å²) in [5.41, 5.74) is 5.24. The van der Waals surface area contributed by atoms with Crippen molar-refractivity contribution in [3.63, 3.8) is 0 Å². The van der Waals surface area contributed by atoms with Gasteiger partial charge in [0.05, 0.1) is 19.8 Å². The van der Waals surface area contributed by atoms with Gasteiger partial charge in [-0.15, -0.1) is 0 Å². The number of carbonyl (C=O) groups is 1. The first-order chi connectivity index (χ1) is 10.2. The minimum absolute atomic E-state index is 0.226. The molecule has 1 saturated carbocycles. The van der Waals surface area contributed by atoms with Gasteiger partial charge in [0, 0.05) is 38.0 Å². The number of hydrogen-bond donors (Lipinski definition) is 2. The van der Waals surface area contributed by atoms with Gasteiger partial charge in [-0.25, -0.2) is 0 Å². The maximum absolute atomic E-state index is 10.9. The van der Waals surface area contributed by atoms with Crippen molar-refractivity contribution in [3.05, 3.63) is 0 Å². The Kier molecular flexibility index (Phi) is 4.78. The lowest BCUT2D eigenvalue weighted by molar-refractivity contribution is -0.179. The second-order valence-electron chi connectivity index (χ2n) is 6.57. The molecular formula is C15H27N3O3. The van der Waals surface area contributed by atoms with Crippen molar-refractivity contribution in [2.75, 3.05) is 32.8 Å². The van der Waals surface area contributed by atoms with Crippen LogP contribution in [0.2, 0.25) is 0 Å². The largest absolute Gasteiger partial charge is 0.369 e. The van der Waals surface area contributed by atoms with Gasteiger partial charge in [-0.3, -0.25) is 9.69 Å². The molecule has 1 aliphatic carbocycles. The monoisotopic (exact) mass is 297 g/mol. The molecule has 3 aliphatic rings. The summed E-state index contributed by atoms with van der Waals surface area (Å²) in [6, 6.07) is 1.15. The van der Waals surface area contributed by atoms with Gasteiger partial charge in [-0.05, 0) is 25.7 Å². The second kappa shape index (κ2) is 6.60. The van der Waals surface area contributed by atoms with E-state index in [9.17, 15) is 4.79 Å². The minimum atomic E-state index is -0.261. The van der Waals surface area contributed by atoms with Gasteiger partial charge < -0.3 is 20.5 Å². The van der Waals surface area contributed by atoms with E-state index in [2.05, 4.69) is 10.2 Å². The number of nitrogens with zero attached hydrogens (tertiary/aromatic N) is 1. The molecule has 1 spiro atoms. The average molecular weight is 297 g/mol. The van der Waals surface area contributed by atoms with E-state index in [4.69, 9.17) is 15.2 Å². The summed E-state index contributed by atoms with van der Waals surface area (Å²) in [6.07, 6.45) is 6.46. The number of amides is 1. The van der Waals surface area contributed by atoms with Gasteiger partial charge in [-0.2, -0.15) is 0 Å².